The summed E-state index contributed by atoms with van der Waals surface area (Å²) >= 11 is 0. The number of likely N-dealkylation sites (N-methyl/N-ethyl adjacent to an activating group) is 1. The first-order chi connectivity index (χ1) is 12.0. The molecule has 1 amide bonds. The number of amides is 1. The highest BCUT2D eigenvalue weighted by Crippen LogP contribution is 2.32. The normalized spacial score (nSPS) is 18.1. The molecule has 0 aliphatic carbocycles. The van der Waals surface area contributed by atoms with Crippen molar-refractivity contribution in [2.75, 3.05) is 45.2 Å². The molecule has 3 heterocycles. The van der Waals surface area contributed by atoms with Crippen molar-refractivity contribution in [3.8, 4) is 0 Å². The number of nitrogens with zero attached hydrogens (tertiary/aromatic N) is 4. The van der Waals surface area contributed by atoms with Gasteiger partial charge >= 0.3 is 0 Å². The van der Waals surface area contributed by atoms with Gasteiger partial charge in [-0.15, -0.1) is 0 Å². The second-order valence-electron chi connectivity index (χ2n) is 7.04. The highest BCUT2D eigenvalue weighted by atomic mass is 16.3. The maximum Gasteiger partial charge on any atom is 0.231 e. The average Bonchev–Trinajstić information content (AvgIpc) is 2.89. The first-order valence-electron chi connectivity index (χ1n) is 8.85. The smallest absolute Gasteiger partial charge is 0.231 e. The molecule has 0 bridgehead atoms. The summed E-state index contributed by atoms with van der Waals surface area (Å²) in [5.41, 5.74) is 1.70. The number of aromatic nitrogens is 2. The van der Waals surface area contributed by atoms with Crippen LogP contribution >= 0.6 is 0 Å². The molecule has 0 aromatic carbocycles. The third-order valence-corrected chi connectivity index (χ3v) is 4.90. The standard InChI is InChI=1S/C18H27N5O2/c1-12-13(2)25-18-15(12)16(20-11-21-18)23-8-5-6-14(10-23)17(24)19-7-9-22(3)4/h11,14H,5-10H2,1-4H3,(H,19,24). The van der Waals surface area contributed by atoms with Gasteiger partial charge in [-0.25, -0.2) is 9.97 Å². The predicted octanol–water partition coefficient (Wildman–Crippen LogP) is 1.73. The van der Waals surface area contributed by atoms with Gasteiger partial charge in [0.15, 0.2) is 0 Å². The lowest BCUT2D eigenvalue weighted by Crippen LogP contribution is -2.44. The van der Waals surface area contributed by atoms with Crippen molar-refractivity contribution in [2.45, 2.75) is 26.7 Å². The Hall–Kier alpha value is -2.15. The van der Waals surface area contributed by atoms with Gasteiger partial charge in [-0.3, -0.25) is 4.79 Å². The molecule has 1 unspecified atom stereocenters. The van der Waals surface area contributed by atoms with Gasteiger partial charge in [0.1, 0.15) is 17.9 Å². The zero-order valence-electron chi connectivity index (χ0n) is 15.5. The molecule has 2 aromatic heterocycles. The van der Waals surface area contributed by atoms with Crippen LogP contribution in [0.1, 0.15) is 24.2 Å². The number of carbonyl (C=O) groups excluding carboxylic acids is 1. The number of fused-ring (bicyclic) bond motifs is 1. The molecule has 1 saturated heterocycles. The molecule has 1 atom stereocenters. The van der Waals surface area contributed by atoms with E-state index in [2.05, 4.69) is 25.1 Å². The van der Waals surface area contributed by atoms with Gasteiger partial charge in [-0.2, -0.15) is 0 Å². The van der Waals surface area contributed by atoms with Crippen LogP contribution in [0.2, 0.25) is 0 Å². The molecule has 2 aromatic rings. The van der Waals surface area contributed by atoms with Gasteiger partial charge in [0.25, 0.3) is 0 Å². The fourth-order valence-electron chi connectivity index (χ4n) is 3.33. The molecule has 25 heavy (non-hydrogen) atoms. The first-order valence-corrected chi connectivity index (χ1v) is 8.85. The maximum absolute atomic E-state index is 12.5. The second-order valence-corrected chi connectivity index (χ2v) is 7.04. The van der Waals surface area contributed by atoms with Crippen LogP contribution in [0, 0.1) is 19.8 Å². The van der Waals surface area contributed by atoms with Crippen molar-refractivity contribution in [1.82, 2.24) is 20.2 Å². The molecule has 1 fully saturated rings. The number of hydrogen-bond acceptors (Lipinski definition) is 6. The molecular weight excluding hydrogens is 318 g/mol. The summed E-state index contributed by atoms with van der Waals surface area (Å²) in [7, 11) is 4.01. The Kier molecular flexibility index (Phi) is 5.22. The first kappa shape index (κ1) is 17.7. The topological polar surface area (TPSA) is 74.5 Å². The lowest BCUT2D eigenvalue weighted by atomic mass is 9.96. The predicted molar refractivity (Wildman–Crippen MR) is 97.8 cm³/mol. The monoisotopic (exact) mass is 345 g/mol. The zero-order chi connectivity index (χ0) is 18.0. The third kappa shape index (κ3) is 3.76. The lowest BCUT2D eigenvalue weighted by molar-refractivity contribution is -0.125. The van der Waals surface area contributed by atoms with E-state index in [1.807, 2.05) is 27.9 Å². The maximum atomic E-state index is 12.5. The van der Waals surface area contributed by atoms with E-state index in [4.69, 9.17) is 4.42 Å². The summed E-state index contributed by atoms with van der Waals surface area (Å²) in [5.74, 6) is 1.88. The number of anilines is 1. The number of furan rings is 1. The van der Waals surface area contributed by atoms with E-state index < -0.39 is 0 Å². The van der Waals surface area contributed by atoms with E-state index >= 15 is 0 Å². The van der Waals surface area contributed by atoms with Gasteiger partial charge in [0.2, 0.25) is 11.6 Å². The number of nitrogens with one attached hydrogen (secondary N) is 1. The van der Waals surface area contributed by atoms with Crippen LogP contribution in [-0.2, 0) is 4.79 Å². The molecule has 136 valence electrons. The zero-order valence-corrected chi connectivity index (χ0v) is 15.5. The van der Waals surface area contributed by atoms with E-state index in [9.17, 15) is 4.79 Å². The molecule has 0 spiro atoms. The highest BCUT2D eigenvalue weighted by Gasteiger charge is 2.28. The van der Waals surface area contributed by atoms with Crippen LogP contribution in [-0.4, -0.2) is 61.0 Å². The van der Waals surface area contributed by atoms with Crippen molar-refractivity contribution >= 4 is 22.8 Å². The SMILES string of the molecule is Cc1oc2ncnc(N3CCCC(C(=O)NCCN(C)C)C3)c2c1C. The molecule has 1 N–H and O–H groups in total. The van der Waals surface area contributed by atoms with Crippen LogP contribution in [0.5, 0.6) is 0 Å². The summed E-state index contributed by atoms with van der Waals surface area (Å²) in [4.78, 5) is 25.5. The molecular formula is C18H27N5O2. The molecule has 7 nitrogen and oxygen atoms in total. The van der Waals surface area contributed by atoms with Crippen LogP contribution in [0.15, 0.2) is 10.7 Å². The van der Waals surface area contributed by atoms with Crippen LogP contribution < -0.4 is 10.2 Å². The third-order valence-electron chi connectivity index (χ3n) is 4.90. The van der Waals surface area contributed by atoms with Crippen molar-refractivity contribution in [3.05, 3.63) is 17.7 Å². The number of carbonyl (C=O) groups is 1. The Balaban J connectivity index is 1.75. The Labute approximate surface area is 148 Å². The van der Waals surface area contributed by atoms with E-state index in [0.717, 1.165) is 48.5 Å². The van der Waals surface area contributed by atoms with Gasteiger partial charge in [-0.1, -0.05) is 0 Å². The fraction of sp³-hybridized carbons (Fsp3) is 0.611. The van der Waals surface area contributed by atoms with E-state index in [1.165, 1.54) is 0 Å². The Bertz CT molecular complexity index is 755. The van der Waals surface area contributed by atoms with Gasteiger partial charge in [0, 0.05) is 31.7 Å². The van der Waals surface area contributed by atoms with Crippen molar-refractivity contribution in [2.24, 2.45) is 5.92 Å². The van der Waals surface area contributed by atoms with Crippen molar-refractivity contribution < 1.29 is 9.21 Å². The second kappa shape index (κ2) is 7.39. The molecule has 1 aliphatic heterocycles. The van der Waals surface area contributed by atoms with Crippen LogP contribution in [0.4, 0.5) is 5.82 Å². The summed E-state index contributed by atoms with van der Waals surface area (Å²) in [6.07, 6.45) is 3.44. The van der Waals surface area contributed by atoms with E-state index in [-0.39, 0.29) is 11.8 Å². The summed E-state index contributed by atoms with van der Waals surface area (Å²) in [6.45, 7) is 7.09. The number of aryl methyl sites for hydroxylation is 2. The molecule has 0 saturated carbocycles. The van der Waals surface area contributed by atoms with Crippen LogP contribution in [0.25, 0.3) is 11.1 Å². The van der Waals surface area contributed by atoms with Gasteiger partial charge < -0.3 is 19.5 Å². The van der Waals surface area contributed by atoms with Gasteiger partial charge in [-0.05, 0) is 40.8 Å². The summed E-state index contributed by atoms with van der Waals surface area (Å²) < 4.78 is 5.72. The fourth-order valence-corrected chi connectivity index (χ4v) is 3.33. The number of rotatable bonds is 5. The van der Waals surface area contributed by atoms with Crippen LogP contribution in [0.3, 0.4) is 0 Å². The number of piperidine rings is 1. The molecule has 1 aliphatic rings. The van der Waals surface area contributed by atoms with Gasteiger partial charge in [0.05, 0.1) is 11.3 Å². The Morgan fingerprint density at radius 3 is 2.96 bits per heavy atom. The minimum Gasteiger partial charge on any atom is -0.443 e. The van der Waals surface area contributed by atoms with Crippen molar-refractivity contribution in [3.63, 3.8) is 0 Å². The Morgan fingerprint density at radius 1 is 1.40 bits per heavy atom. The van der Waals surface area contributed by atoms with E-state index in [1.54, 1.807) is 6.33 Å². The summed E-state index contributed by atoms with van der Waals surface area (Å²) in [5, 5.41) is 4.02. The number of hydrogen-bond donors (Lipinski definition) is 1. The minimum absolute atomic E-state index is 0.00534. The quantitative estimate of drug-likeness (QED) is 0.890. The molecule has 3 rings (SSSR count). The average molecular weight is 345 g/mol. The Morgan fingerprint density at radius 2 is 2.20 bits per heavy atom. The highest BCUT2D eigenvalue weighted by molar-refractivity contribution is 5.90. The largest absolute Gasteiger partial charge is 0.443 e. The minimum atomic E-state index is -0.00534. The summed E-state index contributed by atoms with van der Waals surface area (Å²) in [6, 6.07) is 0. The van der Waals surface area contributed by atoms with E-state index in [0.29, 0.717) is 18.8 Å². The molecule has 0 radical (unpaired) electrons. The lowest BCUT2D eigenvalue weighted by Gasteiger charge is -2.33. The van der Waals surface area contributed by atoms with Crippen molar-refractivity contribution in [1.29, 1.82) is 0 Å². The molecule has 7 heteroatoms.